The van der Waals surface area contributed by atoms with E-state index < -0.39 is 12.1 Å². The zero-order chi connectivity index (χ0) is 16.2. The first kappa shape index (κ1) is 15.7. The molecule has 0 fully saturated rings. The molecule has 3 rings (SSSR count). The molecule has 0 bridgehead atoms. The Balaban J connectivity index is 1.78. The Bertz CT molecular complexity index is 688. The predicted octanol–water partition coefficient (Wildman–Crippen LogP) is 3.26. The predicted molar refractivity (Wildman–Crippen MR) is 88.3 cm³/mol. The van der Waals surface area contributed by atoms with Crippen LogP contribution < -0.4 is 5.32 Å². The number of amides is 1. The molecule has 1 unspecified atom stereocenters. The molecule has 1 amide bonds. The van der Waals surface area contributed by atoms with Crippen LogP contribution in [0.1, 0.15) is 42.0 Å². The Morgan fingerprint density at radius 2 is 1.96 bits per heavy atom. The van der Waals surface area contributed by atoms with Gasteiger partial charge in [0.05, 0.1) is 5.69 Å². The number of hydrogen-bond donors (Lipinski definition) is 1. The van der Waals surface area contributed by atoms with Crippen LogP contribution in [0, 0.1) is 0 Å². The highest BCUT2D eigenvalue weighted by Gasteiger charge is 2.25. The van der Waals surface area contributed by atoms with Crippen molar-refractivity contribution in [1.29, 1.82) is 0 Å². The number of thiazole rings is 1. The van der Waals surface area contributed by atoms with Crippen LogP contribution in [0.2, 0.25) is 0 Å². The summed E-state index contributed by atoms with van der Waals surface area (Å²) in [5, 5.41) is 3.37. The zero-order valence-corrected chi connectivity index (χ0v) is 13.7. The average Bonchev–Trinajstić information content (AvgIpc) is 2.95. The summed E-state index contributed by atoms with van der Waals surface area (Å²) in [5.74, 6) is -0.870. The van der Waals surface area contributed by atoms with E-state index in [4.69, 9.17) is 4.74 Å². The maximum atomic E-state index is 12.5. The van der Waals surface area contributed by atoms with E-state index in [1.54, 1.807) is 24.3 Å². The number of ether oxygens (including phenoxy) is 1. The smallest absolute Gasteiger partial charge is 0.303 e. The second kappa shape index (κ2) is 6.91. The number of hydrogen-bond acceptors (Lipinski definition) is 5. The zero-order valence-electron chi connectivity index (χ0n) is 12.9. The molecule has 1 heterocycles. The summed E-state index contributed by atoms with van der Waals surface area (Å²) in [6, 6.07) is 8.99. The van der Waals surface area contributed by atoms with Gasteiger partial charge in [0.15, 0.2) is 5.13 Å². The molecule has 0 saturated carbocycles. The fourth-order valence-corrected chi connectivity index (χ4v) is 3.70. The van der Waals surface area contributed by atoms with E-state index in [-0.39, 0.29) is 5.91 Å². The summed E-state index contributed by atoms with van der Waals surface area (Å²) in [7, 11) is 0. The van der Waals surface area contributed by atoms with Crippen molar-refractivity contribution in [2.45, 2.75) is 38.7 Å². The highest BCUT2D eigenvalue weighted by atomic mass is 32.1. The molecule has 1 aromatic carbocycles. The lowest BCUT2D eigenvalue weighted by atomic mass is 10.0. The monoisotopic (exact) mass is 330 g/mol. The third-order valence-electron chi connectivity index (χ3n) is 3.70. The largest absolute Gasteiger partial charge is 0.447 e. The third-order valence-corrected chi connectivity index (χ3v) is 4.77. The number of anilines is 1. The van der Waals surface area contributed by atoms with Crippen LogP contribution >= 0.6 is 11.3 Å². The van der Waals surface area contributed by atoms with Crippen molar-refractivity contribution in [2.24, 2.45) is 0 Å². The normalized spacial score (nSPS) is 14.7. The molecule has 120 valence electrons. The Labute approximate surface area is 138 Å². The van der Waals surface area contributed by atoms with Gasteiger partial charge in [0.2, 0.25) is 6.10 Å². The van der Waals surface area contributed by atoms with Crippen molar-refractivity contribution in [3.8, 4) is 0 Å². The number of rotatable bonds is 4. The van der Waals surface area contributed by atoms with E-state index in [9.17, 15) is 9.59 Å². The summed E-state index contributed by atoms with van der Waals surface area (Å²) in [6.45, 7) is 1.30. The van der Waals surface area contributed by atoms with Gasteiger partial charge in [0.1, 0.15) is 0 Å². The number of carbonyl (C=O) groups excluding carboxylic acids is 2. The highest BCUT2D eigenvalue weighted by molar-refractivity contribution is 7.15. The maximum Gasteiger partial charge on any atom is 0.303 e. The molecule has 1 atom stereocenters. The molecule has 1 aromatic heterocycles. The van der Waals surface area contributed by atoms with Gasteiger partial charge >= 0.3 is 5.97 Å². The van der Waals surface area contributed by atoms with Gasteiger partial charge in [-0.3, -0.25) is 14.9 Å². The van der Waals surface area contributed by atoms with E-state index in [0.29, 0.717) is 10.7 Å². The van der Waals surface area contributed by atoms with Gasteiger partial charge in [-0.05, 0) is 25.7 Å². The highest BCUT2D eigenvalue weighted by Crippen LogP contribution is 2.30. The van der Waals surface area contributed by atoms with Crippen LogP contribution in [-0.4, -0.2) is 16.9 Å². The van der Waals surface area contributed by atoms with Gasteiger partial charge in [0.25, 0.3) is 5.91 Å². The molecule has 2 aromatic rings. The van der Waals surface area contributed by atoms with Crippen LogP contribution in [0.15, 0.2) is 30.3 Å². The van der Waals surface area contributed by atoms with E-state index in [0.717, 1.165) is 25.0 Å². The van der Waals surface area contributed by atoms with E-state index in [2.05, 4.69) is 10.3 Å². The topological polar surface area (TPSA) is 68.3 Å². The van der Waals surface area contributed by atoms with Crippen LogP contribution in [0.5, 0.6) is 0 Å². The number of esters is 1. The first-order valence-corrected chi connectivity index (χ1v) is 8.47. The van der Waals surface area contributed by atoms with Crippen molar-refractivity contribution in [2.75, 3.05) is 5.32 Å². The number of fused-ring (bicyclic) bond motifs is 1. The number of aryl methyl sites for hydroxylation is 2. The van der Waals surface area contributed by atoms with Gasteiger partial charge in [-0.25, -0.2) is 4.98 Å². The second-order valence-electron chi connectivity index (χ2n) is 5.49. The lowest BCUT2D eigenvalue weighted by Gasteiger charge is -2.16. The summed E-state index contributed by atoms with van der Waals surface area (Å²) in [4.78, 5) is 29.6. The molecule has 1 aliphatic carbocycles. The number of aromatic nitrogens is 1. The van der Waals surface area contributed by atoms with Crippen molar-refractivity contribution in [3.63, 3.8) is 0 Å². The van der Waals surface area contributed by atoms with E-state index in [1.165, 1.54) is 29.6 Å². The van der Waals surface area contributed by atoms with E-state index in [1.807, 2.05) is 6.07 Å². The molecule has 1 aliphatic rings. The Morgan fingerprint density at radius 3 is 2.65 bits per heavy atom. The maximum absolute atomic E-state index is 12.5. The molecule has 0 spiro atoms. The van der Waals surface area contributed by atoms with Crippen molar-refractivity contribution < 1.29 is 14.3 Å². The Hall–Kier alpha value is -2.21. The van der Waals surface area contributed by atoms with Gasteiger partial charge < -0.3 is 4.74 Å². The number of nitrogens with one attached hydrogen (secondary N) is 1. The average molecular weight is 330 g/mol. The van der Waals surface area contributed by atoms with Crippen LogP contribution in [-0.2, 0) is 27.2 Å². The van der Waals surface area contributed by atoms with Crippen molar-refractivity contribution >= 4 is 28.3 Å². The molecule has 0 saturated heterocycles. The van der Waals surface area contributed by atoms with Crippen molar-refractivity contribution in [1.82, 2.24) is 4.98 Å². The lowest BCUT2D eigenvalue weighted by Crippen LogP contribution is -2.25. The summed E-state index contributed by atoms with van der Waals surface area (Å²) in [5.41, 5.74) is 1.72. The van der Waals surface area contributed by atoms with Gasteiger partial charge in [-0.15, -0.1) is 11.3 Å². The quantitative estimate of drug-likeness (QED) is 0.874. The number of benzene rings is 1. The molecule has 23 heavy (non-hydrogen) atoms. The van der Waals surface area contributed by atoms with Crippen molar-refractivity contribution in [3.05, 3.63) is 46.5 Å². The Morgan fingerprint density at radius 1 is 1.22 bits per heavy atom. The minimum atomic E-state index is -0.963. The molecule has 6 heteroatoms. The fraction of sp³-hybridized carbons (Fsp3) is 0.353. The number of carbonyl (C=O) groups is 2. The molecule has 1 N–H and O–H groups in total. The summed E-state index contributed by atoms with van der Waals surface area (Å²) >= 11 is 1.51. The number of nitrogens with zero attached hydrogens (tertiary/aromatic N) is 1. The van der Waals surface area contributed by atoms with Gasteiger partial charge in [-0.2, -0.15) is 0 Å². The summed E-state index contributed by atoms with van der Waals surface area (Å²) < 4.78 is 5.20. The van der Waals surface area contributed by atoms with E-state index >= 15 is 0 Å². The van der Waals surface area contributed by atoms with Gasteiger partial charge in [-0.1, -0.05) is 30.3 Å². The summed E-state index contributed by atoms with van der Waals surface area (Å²) in [6.07, 6.45) is 3.34. The van der Waals surface area contributed by atoms with Crippen LogP contribution in [0.25, 0.3) is 0 Å². The minimum absolute atomic E-state index is 0.377. The molecular weight excluding hydrogens is 312 g/mol. The second-order valence-corrected chi connectivity index (χ2v) is 6.57. The molecule has 0 radical (unpaired) electrons. The molecular formula is C17H18N2O3S. The molecule has 5 nitrogen and oxygen atoms in total. The van der Waals surface area contributed by atoms with Crippen LogP contribution in [0.4, 0.5) is 5.13 Å². The first-order chi connectivity index (χ1) is 11.1. The third kappa shape index (κ3) is 3.76. The Kier molecular flexibility index (Phi) is 4.71. The van der Waals surface area contributed by atoms with Crippen LogP contribution in [0.3, 0.4) is 0 Å². The lowest BCUT2D eigenvalue weighted by molar-refractivity contribution is -0.152. The SMILES string of the molecule is CC(=O)OC(C(=O)Nc1nc2c(s1)CCCC2)c1ccccc1. The van der Waals surface area contributed by atoms with Gasteiger partial charge in [0, 0.05) is 17.4 Å². The minimum Gasteiger partial charge on any atom is -0.447 e. The fourth-order valence-electron chi connectivity index (χ4n) is 2.64. The first-order valence-electron chi connectivity index (χ1n) is 7.65. The molecule has 0 aliphatic heterocycles. The standard InChI is InChI=1S/C17H18N2O3S/c1-11(20)22-15(12-7-3-2-4-8-12)16(21)19-17-18-13-9-5-6-10-14(13)23-17/h2-4,7-8,15H,5-6,9-10H2,1H3,(H,18,19,21).